The van der Waals surface area contributed by atoms with E-state index >= 15 is 0 Å². The summed E-state index contributed by atoms with van der Waals surface area (Å²) in [5.74, 6) is -0.726. The van der Waals surface area contributed by atoms with Gasteiger partial charge >= 0.3 is 0 Å². The molecule has 0 fully saturated rings. The van der Waals surface area contributed by atoms with Crippen molar-refractivity contribution in [1.29, 1.82) is 0 Å². The van der Waals surface area contributed by atoms with Gasteiger partial charge in [0.25, 0.3) is 5.91 Å². The van der Waals surface area contributed by atoms with Crippen LogP contribution in [0.4, 0.5) is 5.69 Å². The van der Waals surface area contributed by atoms with E-state index in [0.717, 1.165) is 17.6 Å². The number of aryl methyl sites for hydroxylation is 1. The van der Waals surface area contributed by atoms with Crippen LogP contribution in [0.1, 0.15) is 41.8 Å². The molecule has 26 heavy (non-hydrogen) atoms. The second kappa shape index (κ2) is 6.89. The molecule has 0 saturated carbocycles. The summed E-state index contributed by atoms with van der Waals surface area (Å²) < 4.78 is 0. The Morgan fingerprint density at radius 1 is 1.15 bits per heavy atom. The molecule has 0 spiro atoms. The van der Waals surface area contributed by atoms with Gasteiger partial charge in [-0.15, -0.1) is 0 Å². The number of benzene rings is 2. The summed E-state index contributed by atoms with van der Waals surface area (Å²) in [4.78, 5) is 27.2. The molecule has 0 aliphatic carbocycles. The molecule has 4 nitrogen and oxygen atoms in total. The second-order valence-electron chi connectivity index (χ2n) is 6.88. The Morgan fingerprint density at radius 2 is 1.81 bits per heavy atom. The van der Waals surface area contributed by atoms with E-state index in [0.29, 0.717) is 23.4 Å². The van der Waals surface area contributed by atoms with Gasteiger partial charge in [0.2, 0.25) is 0 Å². The third-order valence-electron chi connectivity index (χ3n) is 4.77. The molecule has 2 aromatic carbocycles. The number of anilines is 1. The van der Waals surface area contributed by atoms with Crippen molar-refractivity contribution in [3.8, 4) is 0 Å². The summed E-state index contributed by atoms with van der Waals surface area (Å²) in [6, 6.07) is 14.4. The lowest BCUT2D eigenvalue weighted by Gasteiger charge is -2.23. The van der Waals surface area contributed by atoms with Crippen molar-refractivity contribution in [2.45, 2.75) is 32.3 Å². The van der Waals surface area contributed by atoms with Crippen molar-refractivity contribution in [3.63, 3.8) is 0 Å². The molecule has 1 aliphatic heterocycles. The number of hydrogen-bond acceptors (Lipinski definition) is 3. The van der Waals surface area contributed by atoms with Gasteiger partial charge in [-0.05, 0) is 25.0 Å². The first-order valence-corrected chi connectivity index (χ1v) is 8.77. The van der Waals surface area contributed by atoms with Gasteiger partial charge in [-0.3, -0.25) is 9.59 Å². The fourth-order valence-corrected chi connectivity index (χ4v) is 3.37. The lowest BCUT2D eigenvalue weighted by atomic mass is 9.88. The van der Waals surface area contributed by atoms with Crippen LogP contribution in [0.2, 0.25) is 0 Å². The standard InChI is InChI=1S/C22H23NO3/c1-4-16-9-11-17(12-10-16)20(24)13-22(26)18-7-5-6-8-19(18)23(21(22)25)14-15(2)3/h5-12,26H,2,4,13-14H2,1,3H3. The number of Topliss-reactive ketones (excluding diaryl/α,β-unsaturated/α-hetero) is 1. The Kier molecular flexibility index (Phi) is 4.79. The summed E-state index contributed by atoms with van der Waals surface area (Å²) in [6.07, 6.45) is 0.612. The van der Waals surface area contributed by atoms with Crippen molar-refractivity contribution < 1.29 is 14.7 Å². The van der Waals surface area contributed by atoms with Crippen molar-refractivity contribution in [3.05, 3.63) is 77.4 Å². The van der Waals surface area contributed by atoms with Crippen LogP contribution >= 0.6 is 0 Å². The fraction of sp³-hybridized carbons (Fsp3) is 0.273. The largest absolute Gasteiger partial charge is 0.375 e. The van der Waals surface area contributed by atoms with Crippen LogP contribution in [0, 0.1) is 0 Å². The van der Waals surface area contributed by atoms with Gasteiger partial charge in [0.05, 0.1) is 12.1 Å². The number of carbonyl (C=O) groups is 2. The van der Waals surface area contributed by atoms with E-state index in [1.165, 1.54) is 4.90 Å². The van der Waals surface area contributed by atoms with Crippen molar-refractivity contribution >= 4 is 17.4 Å². The van der Waals surface area contributed by atoms with Crippen molar-refractivity contribution in [1.82, 2.24) is 0 Å². The van der Waals surface area contributed by atoms with Gasteiger partial charge in [-0.2, -0.15) is 0 Å². The molecular weight excluding hydrogens is 326 g/mol. The van der Waals surface area contributed by atoms with E-state index < -0.39 is 11.5 Å². The molecule has 3 rings (SSSR count). The minimum Gasteiger partial charge on any atom is -0.375 e. The minimum atomic E-state index is -1.84. The van der Waals surface area contributed by atoms with Gasteiger partial charge in [-0.1, -0.05) is 61.5 Å². The Bertz CT molecular complexity index is 869. The van der Waals surface area contributed by atoms with Gasteiger partial charge < -0.3 is 10.0 Å². The molecule has 1 unspecified atom stereocenters. The summed E-state index contributed by atoms with van der Waals surface area (Å²) in [5, 5.41) is 11.2. The SMILES string of the molecule is C=C(C)CN1C(=O)C(O)(CC(=O)c2ccc(CC)cc2)c2ccccc21. The minimum absolute atomic E-state index is 0.254. The molecule has 1 atom stereocenters. The number of rotatable bonds is 6. The van der Waals surface area contributed by atoms with E-state index in [4.69, 9.17) is 0 Å². The first kappa shape index (κ1) is 18.1. The van der Waals surface area contributed by atoms with Crippen LogP contribution in [0.5, 0.6) is 0 Å². The van der Waals surface area contributed by atoms with Crippen molar-refractivity contribution in [2.75, 3.05) is 11.4 Å². The third-order valence-corrected chi connectivity index (χ3v) is 4.77. The molecule has 1 amide bonds. The maximum absolute atomic E-state index is 13.0. The highest BCUT2D eigenvalue weighted by Crippen LogP contribution is 2.43. The number of hydrogen-bond donors (Lipinski definition) is 1. The zero-order valence-electron chi connectivity index (χ0n) is 15.2. The number of para-hydroxylation sites is 1. The predicted molar refractivity (Wildman–Crippen MR) is 102 cm³/mol. The third kappa shape index (κ3) is 3.08. The zero-order valence-corrected chi connectivity index (χ0v) is 15.2. The average molecular weight is 349 g/mol. The number of amides is 1. The average Bonchev–Trinajstić information content (AvgIpc) is 2.84. The second-order valence-corrected chi connectivity index (χ2v) is 6.88. The molecule has 0 bridgehead atoms. The smallest absolute Gasteiger partial charge is 0.264 e. The first-order valence-electron chi connectivity index (χ1n) is 8.77. The first-order chi connectivity index (χ1) is 12.4. The monoisotopic (exact) mass is 349 g/mol. The highest BCUT2D eigenvalue weighted by molar-refractivity contribution is 6.10. The normalized spacial score (nSPS) is 18.7. The highest BCUT2D eigenvalue weighted by Gasteiger charge is 2.50. The predicted octanol–water partition coefficient (Wildman–Crippen LogP) is 3.63. The Balaban J connectivity index is 1.93. The zero-order chi connectivity index (χ0) is 18.9. The molecule has 0 saturated heterocycles. The number of ketones is 1. The van der Waals surface area contributed by atoms with Crippen LogP contribution < -0.4 is 4.90 Å². The van der Waals surface area contributed by atoms with Gasteiger partial charge in [0.1, 0.15) is 0 Å². The number of nitrogens with zero attached hydrogens (tertiary/aromatic N) is 1. The van der Waals surface area contributed by atoms with Crippen LogP contribution in [0.3, 0.4) is 0 Å². The van der Waals surface area contributed by atoms with Crippen LogP contribution in [0.25, 0.3) is 0 Å². The maximum Gasteiger partial charge on any atom is 0.264 e. The molecule has 2 aromatic rings. The Morgan fingerprint density at radius 3 is 2.42 bits per heavy atom. The molecule has 4 heteroatoms. The Labute approximate surface area is 153 Å². The fourth-order valence-electron chi connectivity index (χ4n) is 3.37. The Hall–Kier alpha value is -2.72. The van der Waals surface area contributed by atoms with Crippen molar-refractivity contribution in [2.24, 2.45) is 0 Å². The van der Waals surface area contributed by atoms with Gasteiger partial charge in [-0.25, -0.2) is 0 Å². The molecular formula is C22H23NO3. The summed E-state index contributed by atoms with van der Waals surface area (Å²) in [6.45, 7) is 8.05. The van der Waals surface area contributed by atoms with Gasteiger partial charge in [0, 0.05) is 17.7 Å². The van der Waals surface area contributed by atoms with E-state index in [1.807, 2.05) is 32.0 Å². The van der Waals surface area contributed by atoms with E-state index in [1.54, 1.807) is 30.3 Å². The number of aliphatic hydroxyl groups is 1. The molecule has 0 aromatic heterocycles. The molecule has 0 radical (unpaired) electrons. The van der Waals surface area contributed by atoms with E-state index in [9.17, 15) is 14.7 Å². The number of fused-ring (bicyclic) bond motifs is 1. The summed E-state index contributed by atoms with van der Waals surface area (Å²) in [5.41, 5.74) is 1.71. The molecule has 1 N–H and O–H groups in total. The molecule has 1 aliphatic rings. The summed E-state index contributed by atoms with van der Waals surface area (Å²) >= 11 is 0. The van der Waals surface area contributed by atoms with E-state index in [-0.39, 0.29) is 12.2 Å². The summed E-state index contributed by atoms with van der Waals surface area (Å²) in [7, 11) is 0. The molecule has 1 heterocycles. The number of carbonyl (C=O) groups excluding carboxylic acids is 2. The van der Waals surface area contributed by atoms with Crippen LogP contribution in [0.15, 0.2) is 60.7 Å². The van der Waals surface area contributed by atoms with Crippen LogP contribution in [-0.2, 0) is 16.8 Å². The lowest BCUT2D eigenvalue weighted by molar-refractivity contribution is -0.135. The van der Waals surface area contributed by atoms with E-state index in [2.05, 4.69) is 6.58 Å². The quantitative estimate of drug-likeness (QED) is 0.640. The lowest BCUT2D eigenvalue weighted by Crippen LogP contribution is -2.42. The topological polar surface area (TPSA) is 57.6 Å². The molecule has 134 valence electrons. The van der Waals surface area contributed by atoms with Gasteiger partial charge in [0.15, 0.2) is 11.4 Å². The maximum atomic E-state index is 13.0. The highest BCUT2D eigenvalue weighted by atomic mass is 16.3. The van der Waals surface area contributed by atoms with Crippen LogP contribution in [-0.4, -0.2) is 23.3 Å².